The number of benzene rings is 1. The molecule has 0 bridgehead atoms. The Morgan fingerprint density at radius 3 is 2.49 bits per heavy atom. The molecule has 4 N–H and O–H groups in total. The zero-order chi connectivity index (χ0) is 24.7. The summed E-state index contributed by atoms with van der Waals surface area (Å²) < 4.78 is 49.4. The smallest absolute Gasteiger partial charge is 0.194 e. The number of rotatable bonds is 5. The summed E-state index contributed by atoms with van der Waals surface area (Å²) in [5.41, 5.74) is -0.0896. The van der Waals surface area contributed by atoms with E-state index in [2.05, 4.69) is 25.7 Å². The van der Waals surface area contributed by atoms with E-state index in [0.29, 0.717) is 5.82 Å². The number of aliphatic hydroxyl groups excluding tert-OH is 3. The molecule has 1 aromatic carbocycles. The molecule has 3 aromatic rings. The minimum absolute atomic E-state index is 0.0105. The molecule has 2 saturated heterocycles. The van der Waals surface area contributed by atoms with Gasteiger partial charge in [0, 0.05) is 5.56 Å². The second-order valence-corrected chi connectivity index (χ2v) is 8.63. The van der Waals surface area contributed by atoms with Gasteiger partial charge < -0.3 is 25.4 Å². The third kappa shape index (κ3) is 4.31. The molecule has 0 aliphatic carbocycles. The number of hydrogen-bond donors (Lipinski definition) is 4. The molecule has 4 heterocycles. The van der Waals surface area contributed by atoms with Crippen molar-refractivity contribution < 1.29 is 33.2 Å². The SMILES string of the molecule is OC[C@H]1O[C@@H](c2ncnn2C2CCNCC2)[C@H](O)[C@@H](n2cc(-c3cc(F)c(F)c(F)c3)nn2)[C@H]1O. The van der Waals surface area contributed by atoms with Crippen molar-refractivity contribution in [1.29, 1.82) is 0 Å². The molecule has 11 nitrogen and oxygen atoms in total. The van der Waals surface area contributed by atoms with Gasteiger partial charge in [0.15, 0.2) is 23.3 Å². The molecule has 2 aliphatic heterocycles. The van der Waals surface area contributed by atoms with Crippen molar-refractivity contribution >= 4 is 0 Å². The van der Waals surface area contributed by atoms with E-state index in [1.54, 1.807) is 4.68 Å². The van der Waals surface area contributed by atoms with Crippen LogP contribution < -0.4 is 5.32 Å². The van der Waals surface area contributed by atoms with Crippen LogP contribution in [0.1, 0.15) is 36.9 Å². The third-order valence-corrected chi connectivity index (χ3v) is 6.50. The lowest BCUT2D eigenvalue weighted by Crippen LogP contribution is -2.53. The third-order valence-electron chi connectivity index (χ3n) is 6.50. The molecule has 14 heteroatoms. The number of hydrogen-bond acceptors (Lipinski definition) is 9. The standard InChI is InChI=1S/C21H24F3N7O4/c22-12-5-10(6-13(23)16(12)24)14-7-30(29-28-14)17-18(33)15(8-32)35-20(19(17)34)21-26-9-27-31(21)11-1-3-25-4-2-11/h5-7,9,11,15,17-20,25,32-34H,1-4,8H2/t15-,17+,18+,19-,20-/m1/s1. The van der Waals surface area contributed by atoms with Gasteiger partial charge in [-0.15, -0.1) is 5.10 Å². The van der Waals surface area contributed by atoms with Gasteiger partial charge in [0.05, 0.1) is 18.8 Å². The molecule has 0 unspecified atom stereocenters. The second-order valence-electron chi connectivity index (χ2n) is 8.63. The summed E-state index contributed by atoms with van der Waals surface area (Å²) in [5.74, 6) is -4.05. The van der Waals surface area contributed by atoms with Gasteiger partial charge in [0.1, 0.15) is 42.5 Å². The predicted molar refractivity (Wildman–Crippen MR) is 112 cm³/mol. The first-order valence-corrected chi connectivity index (χ1v) is 11.2. The fraction of sp³-hybridized carbons (Fsp3) is 0.524. The van der Waals surface area contributed by atoms with Crippen LogP contribution in [0, 0.1) is 17.5 Å². The highest BCUT2D eigenvalue weighted by atomic mass is 19.2. The number of aromatic nitrogens is 6. The van der Waals surface area contributed by atoms with Crippen LogP contribution in [0.2, 0.25) is 0 Å². The maximum atomic E-state index is 13.7. The lowest BCUT2D eigenvalue weighted by molar-refractivity contribution is -0.211. The van der Waals surface area contributed by atoms with Gasteiger partial charge in [0.25, 0.3) is 0 Å². The van der Waals surface area contributed by atoms with E-state index in [9.17, 15) is 28.5 Å². The number of piperidine rings is 1. The Morgan fingerprint density at radius 2 is 1.80 bits per heavy atom. The molecular weight excluding hydrogens is 471 g/mol. The monoisotopic (exact) mass is 495 g/mol. The summed E-state index contributed by atoms with van der Waals surface area (Å²) >= 11 is 0. The Balaban J connectivity index is 1.48. The van der Waals surface area contributed by atoms with Crippen LogP contribution in [0.15, 0.2) is 24.7 Å². The quantitative estimate of drug-likeness (QED) is 0.367. The average Bonchev–Trinajstić information content (AvgIpc) is 3.54. The van der Waals surface area contributed by atoms with Crippen molar-refractivity contribution in [3.8, 4) is 11.3 Å². The van der Waals surface area contributed by atoms with E-state index in [1.807, 2.05) is 0 Å². The second kappa shape index (κ2) is 9.62. The highest BCUT2D eigenvalue weighted by Gasteiger charge is 2.48. The van der Waals surface area contributed by atoms with Gasteiger partial charge in [0.2, 0.25) is 0 Å². The maximum Gasteiger partial charge on any atom is 0.194 e. The number of halogens is 3. The first-order valence-electron chi connectivity index (χ1n) is 11.2. The highest BCUT2D eigenvalue weighted by molar-refractivity contribution is 5.57. The van der Waals surface area contributed by atoms with Crippen molar-refractivity contribution in [3.63, 3.8) is 0 Å². The first-order chi connectivity index (χ1) is 16.9. The fourth-order valence-electron chi connectivity index (χ4n) is 4.68. The highest BCUT2D eigenvalue weighted by Crippen LogP contribution is 2.38. The Bertz CT molecular complexity index is 1160. The topological polar surface area (TPSA) is 143 Å². The average molecular weight is 495 g/mol. The van der Waals surface area contributed by atoms with Crippen molar-refractivity contribution in [2.75, 3.05) is 19.7 Å². The largest absolute Gasteiger partial charge is 0.394 e. The number of ether oxygens (including phenoxy) is 1. The normalized spacial score (nSPS) is 27.9. The molecule has 0 amide bonds. The molecule has 2 aromatic heterocycles. The molecule has 5 rings (SSSR count). The molecular formula is C21H24F3N7O4. The van der Waals surface area contributed by atoms with Crippen molar-refractivity contribution in [1.82, 2.24) is 35.1 Å². The Kier molecular flexibility index (Phi) is 6.55. The first kappa shape index (κ1) is 23.8. The Labute approximate surface area is 197 Å². The minimum atomic E-state index is -1.61. The van der Waals surface area contributed by atoms with E-state index in [-0.39, 0.29) is 17.3 Å². The van der Waals surface area contributed by atoms with E-state index in [0.717, 1.165) is 42.7 Å². The number of nitrogens with one attached hydrogen (secondary N) is 1. The minimum Gasteiger partial charge on any atom is -0.394 e. The van der Waals surface area contributed by atoms with Gasteiger partial charge in [-0.3, -0.25) is 0 Å². The summed E-state index contributed by atoms with van der Waals surface area (Å²) in [6.45, 7) is 1.04. The summed E-state index contributed by atoms with van der Waals surface area (Å²) in [4.78, 5) is 4.29. The molecule has 188 valence electrons. The summed E-state index contributed by atoms with van der Waals surface area (Å²) in [6, 6.07) is 0.415. The summed E-state index contributed by atoms with van der Waals surface area (Å²) in [6.07, 6.45) is -0.750. The van der Waals surface area contributed by atoms with Crippen LogP contribution in [-0.4, -0.2) is 83.1 Å². The van der Waals surface area contributed by atoms with E-state index >= 15 is 0 Å². The number of aliphatic hydroxyl groups is 3. The molecule has 5 atom stereocenters. The van der Waals surface area contributed by atoms with Crippen LogP contribution in [0.3, 0.4) is 0 Å². The summed E-state index contributed by atoms with van der Waals surface area (Å²) in [5, 5.41) is 47.3. The van der Waals surface area contributed by atoms with Crippen molar-refractivity contribution in [2.45, 2.75) is 49.3 Å². The predicted octanol–water partition coefficient (Wildman–Crippen LogP) is 0.274. The van der Waals surface area contributed by atoms with Crippen molar-refractivity contribution in [2.24, 2.45) is 0 Å². The maximum absolute atomic E-state index is 13.7. The summed E-state index contributed by atoms with van der Waals surface area (Å²) in [7, 11) is 0. The molecule has 2 aliphatic rings. The van der Waals surface area contributed by atoms with Crippen LogP contribution in [0.4, 0.5) is 13.2 Å². The molecule has 0 radical (unpaired) electrons. The Morgan fingerprint density at radius 1 is 1.09 bits per heavy atom. The zero-order valence-corrected chi connectivity index (χ0v) is 18.4. The molecule has 0 saturated carbocycles. The van der Waals surface area contributed by atoms with Crippen molar-refractivity contribution in [3.05, 3.63) is 47.9 Å². The molecule has 2 fully saturated rings. The van der Waals surface area contributed by atoms with Gasteiger partial charge in [-0.25, -0.2) is 27.5 Å². The molecule has 0 spiro atoms. The van der Waals surface area contributed by atoms with Crippen LogP contribution in [-0.2, 0) is 4.74 Å². The Hall–Kier alpha value is -2.91. The molecule has 35 heavy (non-hydrogen) atoms. The van der Waals surface area contributed by atoms with Gasteiger partial charge >= 0.3 is 0 Å². The number of nitrogens with zero attached hydrogens (tertiary/aromatic N) is 6. The van der Waals surface area contributed by atoms with Crippen LogP contribution in [0.25, 0.3) is 11.3 Å². The van der Waals surface area contributed by atoms with Gasteiger partial charge in [-0.2, -0.15) is 5.10 Å². The lowest BCUT2D eigenvalue weighted by Gasteiger charge is -2.42. The van der Waals surface area contributed by atoms with Gasteiger partial charge in [-0.05, 0) is 38.1 Å². The fourth-order valence-corrected chi connectivity index (χ4v) is 4.68. The lowest BCUT2D eigenvalue weighted by atomic mass is 9.92. The zero-order valence-electron chi connectivity index (χ0n) is 18.4. The van der Waals surface area contributed by atoms with E-state index in [1.165, 1.54) is 12.5 Å². The van der Waals surface area contributed by atoms with Gasteiger partial charge in [-0.1, -0.05) is 5.21 Å². The van der Waals surface area contributed by atoms with Crippen LogP contribution >= 0.6 is 0 Å². The van der Waals surface area contributed by atoms with Crippen LogP contribution in [0.5, 0.6) is 0 Å². The van der Waals surface area contributed by atoms with E-state index < -0.39 is 54.5 Å². The van der Waals surface area contributed by atoms with E-state index in [4.69, 9.17) is 4.74 Å².